The third kappa shape index (κ3) is 4.17. The summed E-state index contributed by atoms with van der Waals surface area (Å²) in [4.78, 5) is 14.1. The van der Waals surface area contributed by atoms with Gasteiger partial charge in [-0.1, -0.05) is 32.1 Å². The zero-order valence-electron chi connectivity index (χ0n) is 10.7. The van der Waals surface area contributed by atoms with E-state index in [1.54, 1.807) is 0 Å². The van der Waals surface area contributed by atoms with Gasteiger partial charge in [0.1, 0.15) is 0 Å². The number of hydrogen-bond donors (Lipinski definition) is 0. The third-order valence-corrected chi connectivity index (χ3v) is 4.29. The van der Waals surface area contributed by atoms with Gasteiger partial charge in [-0.15, -0.1) is 11.6 Å². The lowest BCUT2D eigenvalue weighted by molar-refractivity contribution is -0.131. The third-order valence-electron chi connectivity index (χ3n) is 4.12. The minimum absolute atomic E-state index is 0.346. The maximum atomic E-state index is 12.1. The maximum absolute atomic E-state index is 12.1. The summed E-state index contributed by atoms with van der Waals surface area (Å²) in [6, 6.07) is 0.521. The van der Waals surface area contributed by atoms with Crippen LogP contribution < -0.4 is 0 Å². The number of carbonyl (C=O) groups excluding carboxylic acids is 1. The van der Waals surface area contributed by atoms with Crippen LogP contribution in [0, 0.1) is 5.92 Å². The number of halogens is 1. The van der Waals surface area contributed by atoms with E-state index in [1.807, 2.05) is 4.90 Å². The Hall–Kier alpha value is -0.240. The molecule has 0 aromatic carbocycles. The summed E-state index contributed by atoms with van der Waals surface area (Å²) >= 11 is 5.77. The number of carbonyl (C=O) groups is 1. The topological polar surface area (TPSA) is 20.3 Å². The lowest BCUT2D eigenvalue weighted by Crippen LogP contribution is -2.34. The van der Waals surface area contributed by atoms with E-state index < -0.39 is 0 Å². The maximum Gasteiger partial charge on any atom is 0.222 e. The highest BCUT2D eigenvalue weighted by atomic mass is 35.5. The van der Waals surface area contributed by atoms with Crippen molar-refractivity contribution < 1.29 is 4.79 Å². The van der Waals surface area contributed by atoms with Gasteiger partial charge in [0.2, 0.25) is 5.91 Å². The van der Waals surface area contributed by atoms with E-state index >= 15 is 0 Å². The molecule has 98 valence electrons. The van der Waals surface area contributed by atoms with E-state index in [2.05, 4.69) is 0 Å². The Morgan fingerprint density at radius 1 is 1.12 bits per heavy atom. The van der Waals surface area contributed by atoms with Crippen molar-refractivity contribution in [3.05, 3.63) is 0 Å². The van der Waals surface area contributed by atoms with E-state index in [4.69, 9.17) is 11.6 Å². The van der Waals surface area contributed by atoms with Gasteiger partial charge in [-0.2, -0.15) is 0 Å². The SMILES string of the molecule is O=C(CCC1CCCCC1)N(CCCl)C1CC1. The Morgan fingerprint density at radius 3 is 2.41 bits per heavy atom. The molecular weight excluding hydrogens is 234 g/mol. The molecule has 17 heavy (non-hydrogen) atoms. The standard InChI is InChI=1S/C14H24ClNO/c15-10-11-16(13-7-8-13)14(17)9-6-12-4-2-1-3-5-12/h12-13H,1-11H2. The molecule has 2 fully saturated rings. The van der Waals surface area contributed by atoms with Crippen molar-refractivity contribution in [1.82, 2.24) is 4.90 Å². The molecule has 2 aliphatic rings. The summed E-state index contributed by atoms with van der Waals surface area (Å²) in [6.45, 7) is 0.746. The fraction of sp³-hybridized carbons (Fsp3) is 0.929. The van der Waals surface area contributed by atoms with E-state index in [-0.39, 0.29) is 0 Å². The fourth-order valence-corrected chi connectivity index (χ4v) is 3.12. The Morgan fingerprint density at radius 2 is 1.82 bits per heavy atom. The van der Waals surface area contributed by atoms with Crippen LogP contribution in [0.15, 0.2) is 0 Å². The Kier molecular flexibility index (Phi) is 5.15. The zero-order chi connectivity index (χ0) is 12.1. The Labute approximate surface area is 110 Å². The molecule has 3 heteroatoms. The molecular formula is C14H24ClNO. The first-order chi connectivity index (χ1) is 8.31. The van der Waals surface area contributed by atoms with Crippen LogP contribution in [-0.2, 0) is 4.79 Å². The van der Waals surface area contributed by atoms with Gasteiger partial charge in [0, 0.05) is 24.9 Å². The molecule has 2 saturated carbocycles. The second-order valence-electron chi connectivity index (χ2n) is 5.55. The Bertz CT molecular complexity index is 247. The lowest BCUT2D eigenvalue weighted by atomic mass is 9.86. The molecule has 0 N–H and O–H groups in total. The van der Waals surface area contributed by atoms with Gasteiger partial charge >= 0.3 is 0 Å². The predicted octanol–water partition coefficient (Wildman–Crippen LogP) is 3.58. The van der Waals surface area contributed by atoms with Gasteiger partial charge in [-0.25, -0.2) is 0 Å². The average Bonchev–Trinajstić information content (AvgIpc) is 3.18. The Balaban J connectivity index is 1.70. The van der Waals surface area contributed by atoms with Gasteiger partial charge in [0.05, 0.1) is 0 Å². The molecule has 2 rings (SSSR count). The second-order valence-corrected chi connectivity index (χ2v) is 5.93. The number of hydrogen-bond acceptors (Lipinski definition) is 1. The van der Waals surface area contributed by atoms with Gasteiger partial charge in [0.25, 0.3) is 0 Å². The molecule has 0 spiro atoms. The van der Waals surface area contributed by atoms with E-state index in [0.717, 1.165) is 25.3 Å². The number of nitrogens with zero attached hydrogens (tertiary/aromatic N) is 1. The van der Waals surface area contributed by atoms with Crippen molar-refractivity contribution in [1.29, 1.82) is 0 Å². The van der Waals surface area contributed by atoms with Crippen LogP contribution in [0.1, 0.15) is 57.8 Å². The summed E-state index contributed by atoms with van der Waals surface area (Å²) in [6.07, 6.45) is 11.0. The van der Waals surface area contributed by atoms with Crippen molar-refractivity contribution in [3.63, 3.8) is 0 Å². The van der Waals surface area contributed by atoms with Gasteiger partial charge in [0.15, 0.2) is 0 Å². The molecule has 0 aromatic heterocycles. The minimum atomic E-state index is 0.346. The van der Waals surface area contributed by atoms with Crippen LogP contribution in [0.5, 0.6) is 0 Å². The van der Waals surface area contributed by atoms with Crippen LogP contribution >= 0.6 is 11.6 Å². The summed E-state index contributed by atoms with van der Waals surface area (Å²) in [7, 11) is 0. The fourth-order valence-electron chi connectivity index (χ4n) is 2.94. The van der Waals surface area contributed by atoms with E-state index in [0.29, 0.717) is 17.8 Å². The average molecular weight is 258 g/mol. The highest BCUT2D eigenvalue weighted by Crippen LogP contribution is 2.30. The smallest absolute Gasteiger partial charge is 0.222 e. The predicted molar refractivity (Wildman–Crippen MR) is 71.3 cm³/mol. The van der Waals surface area contributed by atoms with Crippen molar-refractivity contribution >= 4 is 17.5 Å². The minimum Gasteiger partial charge on any atom is -0.339 e. The van der Waals surface area contributed by atoms with Crippen LogP contribution in [0.25, 0.3) is 0 Å². The van der Waals surface area contributed by atoms with Crippen LogP contribution in [0.3, 0.4) is 0 Å². The molecule has 0 aliphatic heterocycles. The molecule has 0 unspecified atom stereocenters. The first kappa shape index (κ1) is 13.2. The molecule has 1 amide bonds. The highest BCUT2D eigenvalue weighted by molar-refractivity contribution is 6.18. The first-order valence-corrected chi connectivity index (χ1v) is 7.70. The van der Waals surface area contributed by atoms with Crippen molar-refractivity contribution in [2.24, 2.45) is 5.92 Å². The molecule has 0 radical (unpaired) electrons. The number of alkyl halides is 1. The number of amides is 1. The van der Waals surface area contributed by atoms with Crippen LogP contribution in [0.4, 0.5) is 0 Å². The zero-order valence-corrected chi connectivity index (χ0v) is 11.4. The monoisotopic (exact) mass is 257 g/mol. The van der Waals surface area contributed by atoms with Gasteiger partial charge < -0.3 is 4.90 Å². The van der Waals surface area contributed by atoms with Crippen LogP contribution in [-0.4, -0.2) is 29.3 Å². The van der Waals surface area contributed by atoms with Crippen molar-refractivity contribution in [2.75, 3.05) is 12.4 Å². The van der Waals surface area contributed by atoms with Crippen molar-refractivity contribution in [3.8, 4) is 0 Å². The van der Waals surface area contributed by atoms with Gasteiger partial charge in [-0.05, 0) is 25.2 Å². The number of rotatable bonds is 6. The molecule has 2 nitrogen and oxygen atoms in total. The van der Waals surface area contributed by atoms with E-state index in [9.17, 15) is 4.79 Å². The first-order valence-electron chi connectivity index (χ1n) is 7.16. The summed E-state index contributed by atoms with van der Waals surface area (Å²) in [5.74, 6) is 1.73. The quantitative estimate of drug-likeness (QED) is 0.666. The summed E-state index contributed by atoms with van der Waals surface area (Å²) in [5.41, 5.74) is 0. The molecule has 0 heterocycles. The largest absolute Gasteiger partial charge is 0.339 e. The van der Waals surface area contributed by atoms with Gasteiger partial charge in [-0.3, -0.25) is 4.79 Å². The summed E-state index contributed by atoms with van der Waals surface area (Å²) < 4.78 is 0. The van der Waals surface area contributed by atoms with Crippen molar-refractivity contribution in [2.45, 2.75) is 63.8 Å². The lowest BCUT2D eigenvalue weighted by Gasteiger charge is -2.24. The highest BCUT2D eigenvalue weighted by Gasteiger charge is 2.31. The molecule has 2 aliphatic carbocycles. The van der Waals surface area contributed by atoms with E-state index in [1.165, 1.54) is 44.9 Å². The second kappa shape index (κ2) is 6.63. The molecule has 0 aromatic rings. The normalized spacial score (nSPS) is 21.5. The summed E-state index contributed by atoms with van der Waals surface area (Å²) in [5, 5.41) is 0. The molecule has 0 saturated heterocycles. The van der Waals surface area contributed by atoms with Crippen LogP contribution in [0.2, 0.25) is 0 Å². The molecule has 0 bridgehead atoms. The molecule has 0 atom stereocenters.